The monoisotopic (exact) mass is 286 g/mol. The van der Waals surface area contributed by atoms with Crippen LogP contribution in [0.15, 0.2) is 30.9 Å². The molecule has 0 radical (unpaired) electrons. The fourth-order valence-electron chi connectivity index (χ4n) is 3.21. The van der Waals surface area contributed by atoms with E-state index in [4.69, 9.17) is 4.74 Å². The summed E-state index contributed by atoms with van der Waals surface area (Å²) in [5, 5.41) is 0. The Morgan fingerprint density at radius 2 is 1.76 bits per heavy atom. The highest BCUT2D eigenvalue weighted by atomic mass is 16.5. The maximum atomic E-state index is 11.2. The van der Waals surface area contributed by atoms with Crippen LogP contribution >= 0.6 is 0 Å². The lowest BCUT2D eigenvalue weighted by Gasteiger charge is -2.42. The van der Waals surface area contributed by atoms with Gasteiger partial charge in [0.05, 0.1) is 0 Å². The third-order valence-electron chi connectivity index (χ3n) is 4.71. The number of fused-ring (bicyclic) bond motifs is 1. The Morgan fingerprint density at radius 1 is 1.19 bits per heavy atom. The summed E-state index contributed by atoms with van der Waals surface area (Å²) in [4.78, 5) is 11.2. The van der Waals surface area contributed by atoms with Gasteiger partial charge in [-0.05, 0) is 46.4 Å². The van der Waals surface area contributed by atoms with E-state index in [0.717, 1.165) is 5.56 Å². The van der Waals surface area contributed by atoms with Gasteiger partial charge in [0.1, 0.15) is 6.10 Å². The number of rotatable bonds is 3. The fraction of sp³-hybridized carbons (Fsp3) is 0.526. The van der Waals surface area contributed by atoms with Gasteiger partial charge in [-0.3, -0.25) is 4.79 Å². The zero-order valence-electron chi connectivity index (χ0n) is 13.8. The molecule has 21 heavy (non-hydrogen) atoms. The molecule has 0 fully saturated rings. The quantitative estimate of drug-likeness (QED) is 0.588. The number of benzene rings is 1. The van der Waals surface area contributed by atoms with Crippen LogP contribution in [0, 0.1) is 0 Å². The van der Waals surface area contributed by atoms with Gasteiger partial charge in [0.25, 0.3) is 0 Å². The first-order chi connectivity index (χ1) is 9.67. The van der Waals surface area contributed by atoms with Crippen molar-refractivity contribution in [2.45, 2.75) is 64.4 Å². The first kappa shape index (κ1) is 15.8. The largest absolute Gasteiger partial charge is 0.453 e. The molecule has 1 atom stereocenters. The molecule has 1 aromatic carbocycles. The van der Waals surface area contributed by atoms with E-state index < -0.39 is 0 Å². The highest BCUT2D eigenvalue weighted by Crippen LogP contribution is 2.46. The van der Waals surface area contributed by atoms with Gasteiger partial charge < -0.3 is 4.74 Å². The highest BCUT2D eigenvalue weighted by Gasteiger charge is 2.37. The minimum Gasteiger partial charge on any atom is -0.453 e. The van der Waals surface area contributed by atoms with E-state index in [9.17, 15) is 4.79 Å². The Labute approximate surface area is 128 Å². The van der Waals surface area contributed by atoms with E-state index in [1.807, 2.05) is 0 Å². The van der Waals surface area contributed by atoms with Crippen LogP contribution in [-0.4, -0.2) is 5.97 Å². The minimum absolute atomic E-state index is 0.156. The Kier molecular flexibility index (Phi) is 4.01. The Bertz CT molecular complexity index is 567. The Hall–Kier alpha value is -1.57. The molecule has 0 spiro atoms. The van der Waals surface area contributed by atoms with Crippen LogP contribution in [0.4, 0.5) is 0 Å². The van der Waals surface area contributed by atoms with Gasteiger partial charge in [0, 0.05) is 6.92 Å². The molecule has 0 N–H and O–H groups in total. The van der Waals surface area contributed by atoms with Crippen LogP contribution in [0.2, 0.25) is 0 Å². The smallest absolute Gasteiger partial charge is 0.303 e. The summed E-state index contributed by atoms with van der Waals surface area (Å²) in [6, 6.07) is 6.47. The van der Waals surface area contributed by atoms with Gasteiger partial charge in [-0.15, -0.1) is 0 Å². The molecule has 1 aromatic rings. The van der Waals surface area contributed by atoms with Crippen molar-refractivity contribution in [1.82, 2.24) is 0 Å². The minimum atomic E-state index is -0.367. The molecule has 1 aliphatic carbocycles. The molecule has 2 heteroatoms. The Morgan fingerprint density at radius 3 is 2.29 bits per heavy atom. The van der Waals surface area contributed by atoms with Crippen LogP contribution in [0.25, 0.3) is 0 Å². The molecule has 1 aliphatic rings. The molecule has 0 saturated carbocycles. The summed E-state index contributed by atoms with van der Waals surface area (Å²) in [5.41, 5.74) is 4.14. The van der Waals surface area contributed by atoms with Crippen molar-refractivity contribution < 1.29 is 9.53 Å². The molecule has 0 bridgehead atoms. The lowest BCUT2D eigenvalue weighted by molar-refractivity contribution is -0.144. The third kappa shape index (κ3) is 3.04. The third-order valence-corrected chi connectivity index (χ3v) is 4.71. The molecule has 2 rings (SSSR count). The van der Waals surface area contributed by atoms with Gasteiger partial charge in [0.15, 0.2) is 0 Å². The van der Waals surface area contributed by atoms with Crippen molar-refractivity contribution in [3.8, 4) is 0 Å². The van der Waals surface area contributed by atoms with Crippen molar-refractivity contribution in [3.05, 3.63) is 47.5 Å². The van der Waals surface area contributed by atoms with Crippen molar-refractivity contribution >= 4 is 5.97 Å². The normalized spacial score (nSPS) is 20.2. The predicted octanol–water partition coefficient (Wildman–Crippen LogP) is 4.83. The van der Waals surface area contributed by atoms with Crippen LogP contribution < -0.4 is 0 Å². The zero-order valence-corrected chi connectivity index (χ0v) is 13.8. The second-order valence-corrected chi connectivity index (χ2v) is 7.34. The van der Waals surface area contributed by atoms with Gasteiger partial charge in [-0.1, -0.05) is 52.5 Å². The molecule has 0 amide bonds. The van der Waals surface area contributed by atoms with E-state index in [1.165, 1.54) is 30.9 Å². The van der Waals surface area contributed by atoms with Crippen LogP contribution in [0.1, 0.15) is 70.3 Å². The van der Waals surface area contributed by atoms with E-state index in [1.54, 1.807) is 6.08 Å². The molecular formula is C19H26O2. The predicted molar refractivity (Wildman–Crippen MR) is 86.4 cm³/mol. The average Bonchev–Trinajstić information content (AvgIpc) is 2.41. The van der Waals surface area contributed by atoms with Gasteiger partial charge >= 0.3 is 5.97 Å². The number of carbonyl (C=O) groups is 1. The second kappa shape index (κ2) is 5.32. The lowest BCUT2D eigenvalue weighted by Crippen LogP contribution is -2.34. The molecule has 0 aliphatic heterocycles. The van der Waals surface area contributed by atoms with Gasteiger partial charge in [-0.25, -0.2) is 0 Å². The number of esters is 1. The van der Waals surface area contributed by atoms with Gasteiger partial charge in [-0.2, -0.15) is 0 Å². The molecular weight excluding hydrogens is 260 g/mol. The summed E-state index contributed by atoms with van der Waals surface area (Å²) in [7, 11) is 0. The average molecular weight is 286 g/mol. The van der Waals surface area contributed by atoms with Crippen molar-refractivity contribution in [2.24, 2.45) is 0 Å². The Balaban J connectivity index is 2.50. The molecule has 114 valence electrons. The maximum absolute atomic E-state index is 11.2. The number of hydrogen-bond acceptors (Lipinski definition) is 2. The second-order valence-electron chi connectivity index (χ2n) is 7.34. The highest BCUT2D eigenvalue weighted by molar-refractivity contribution is 5.66. The first-order valence-electron chi connectivity index (χ1n) is 7.62. The van der Waals surface area contributed by atoms with Crippen LogP contribution in [0.3, 0.4) is 0 Å². The summed E-state index contributed by atoms with van der Waals surface area (Å²) in [5.74, 6) is -0.280. The summed E-state index contributed by atoms with van der Waals surface area (Å²) in [6.45, 7) is 14.4. The maximum Gasteiger partial charge on any atom is 0.303 e. The summed E-state index contributed by atoms with van der Waals surface area (Å²) < 4.78 is 5.34. The summed E-state index contributed by atoms with van der Waals surface area (Å²) in [6.07, 6.45) is 3.68. The fourth-order valence-corrected chi connectivity index (χ4v) is 3.21. The van der Waals surface area contributed by atoms with E-state index in [0.29, 0.717) is 0 Å². The molecule has 0 aromatic heterocycles. The van der Waals surface area contributed by atoms with Gasteiger partial charge in [0.2, 0.25) is 0 Å². The van der Waals surface area contributed by atoms with Crippen LogP contribution in [0.5, 0.6) is 0 Å². The molecule has 2 nitrogen and oxygen atoms in total. The first-order valence-corrected chi connectivity index (χ1v) is 7.62. The van der Waals surface area contributed by atoms with Crippen LogP contribution in [-0.2, 0) is 20.4 Å². The lowest BCUT2D eigenvalue weighted by atomic mass is 9.63. The molecule has 0 heterocycles. The zero-order chi connectivity index (χ0) is 15.8. The van der Waals surface area contributed by atoms with E-state index in [2.05, 4.69) is 52.5 Å². The molecule has 0 saturated heterocycles. The van der Waals surface area contributed by atoms with E-state index >= 15 is 0 Å². The molecule has 1 unspecified atom stereocenters. The van der Waals surface area contributed by atoms with E-state index in [-0.39, 0.29) is 22.9 Å². The number of hydrogen-bond donors (Lipinski definition) is 0. The summed E-state index contributed by atoms with van der Waals surface area (Å²) >= 11 is 0. The number of ether oxygens (including phenoxy) is 1. The van der Waals surface area contributed by atoms with Crippen molar-refractivity contribution in [2.75, 3.05) is 0 Å². The van der Waals surface area contributed by atoms with Crippen molar-refractivity contribution in [3.63, 3.8) is 0 Å². The SMILES string of the molecule is C=CC(OC(C)=O)c1ccc2c(c1)C(C)(C)CCC2(C)C. The standard InChI is InChI=1S/C19H26O2/c1-7-17(21-13(2)20)14-8-9-15-16(12-14)19(5,6)11-10-18(15,3)4/h7-9,12,17H,1,10-11H2,2-6H3. The number of carbonyl (C=O) groups excluding carboxylic acids is 1. The topological polar surface area (TPSA) is 26.3 Å². The van der Waals surface area contributed by atoms with Crippen molar-refractivity contribution in [1.29, 1.82) is 0 Å².